The first-order chi connectivity index (χ1) is 8.97. The lowest BCUT2D eigenvalue weighted by Crippen LogP contribution is -3.00. The molecule has 0 aliphatic heterocycles. The van der Waals surface area contributed by atoms with E-state index in [-0.39, 0.29) is 28.2 Å². The number of ketones is 1. The molecule has 0 aliphatic carbocycles. The van der Waals surface area contributed by atoms with Gasteiger partial charge in [0.2, 0.25) is 12.3 Å². The van der Waals surface area contributed by atoms with E-state index in [2.05, 4.69) is 25.8 Å². The van der Waals surface area contributed by atoms with Gasteiger partial charge < -0.3 is 17.0 Å². The molecule has 0 spiro atoms. The second-order valence-electron chi connectivity index (χ2n) is 5.67. The van der Waals surface area contributed by atoms with Crippen molar-refractivity contribution in [2.24, 2.45) is 0 Å². The average molecular weight is 335 g/mol. The minimum atomic E-state index is 0. The topological polar surface area (TPSA) is 33.8 Å². The number of hydrogen-bond donors (Lipinski definition) is 0. The number of Topliss-reactive ketones (excluding diaryl/α,β-unsaturated/α-hetero) is 1. The Balaban J connectivity index is 0.00000200. The lowest BCUT2D eigenvalue weighted by atomic mass is 9.86. The molecule has 0 bridgehead atoms. The Kier molecular flexibility index (Phi) is 5.57. The normalized spacial score (nSPS) is 10.8. The van der Waals surface area contributed by atoms with Crippen molar-refractivity contribution in [1.29, 1.82) is 0 Å². The molecule has 0 N–H and O–H groups in total. The van der Waals surface area contributed by atoms with Crippen molar-refractivity contribution < 1.29 is 26.3 Å². The van der Waals surface area contributed by atoms with E-state index in [4.69, 9.17) is 0 Å². The summed E-state index contributed by atoms with van der Waals surface area (Å²) < 4.78 is 1.83. The van der Waals surface area contributed by atoms with Crippen LogP contribution in [-0.4, -0.2) is 10.8 Å². The van der Waals surface area contributed by atoms with Crippen molar-refractivity contribution >= 4 is 5.78 Å². The molecule has 2 rings (SSSR count). The first kappa shape index (κ1) is 16.5. The molecule has 1 aromatic carbocycles. The molecular formula is C16H19BrN2O. The van der Waals surface area contributed by atoms with Gasteiger partial charge in [0.25, 0.3) is 0 Å². The van der Waals surface area contributed by atoms with Crippen LogP contribution in [0.3, 0.4) is 0 Å². The summed E-state index contributed by atoms with van der Waals surface area (Å²) in [6, 6.07) is 7.88. The highest BCUT2D eigenvalue weighted by molar-refractivity contribution is 5.95. The molecule has 0 saturated heterocycles. The average Bonchev–Trinajstić information content (AvgIpc) is 2.39. The number of hydrogen-bond acceptors (Lipinski definition) is 2. The molecule has 0 aliphatic rings. The van der Waals surface area contributed by atoms with Crippen LogP contribution in [0.2, 0.25) is 0 Å². The molecule has 0 saturated carbocycles. The van der Waals surface area contributed by atoms with Gasteiger partial charge in [-0.15, -0.1) is 0 Å². The smallest absolute Gasteiger partial charge is 0.227 e. The minimum absolute atomic E-state index is 0. The van der Waals surface area contributed by atoms with Gasteiger partial charge >= 0.3 is 0 Å². The Hall–Kier alpha value is -1.55. The van der Waals surface area contributed by atoms with Gasteiger partial charge in [-0.05, 0) is 11.0 Å². The molecule has 0 radical (unpaired) electrons. The number of halogens is 1. The van der Waals surface area contributed by atoms with Crippen LogP contribution in [0, 0.1) is 0 Å². The van der Waals surface area contributed by atoms with Gasteiger partial charge in [0.05, 0.1) is 12.4 Å². The highest BCUT2D eigenvalue weighted by atomic mass is 79.9. The SMILES string of the molecule is CC(C)(C)c1ccc(C(=O)C[n+]2ccncc2)cc1.[Br-]. The van der Waals surface area contributed by atoms with Gasteiger partial charge in [-0.3, -0.25) is 9.78 Å². The van der Waals surface area contributed by atoms with Gasteiger partial charge in [-0.1, -0.05) is 45.0 Å². The number of benzene rings is 1. The predicted molar refractivity (Wildman–Crippen MR) is 73.9 cm³/mol. The Morgan fingerprint density at radius 1 is 1.10 bits per heavy atom. The zero-order valence-electron chi connectivity index (χ0n) is 12.0. The van der Waals surface area contributed by atoms with E-state index in [1.54, 1.807) is 24.8 Å². The lowest BCUT2D eigenvalue weighted by Gasteiger charge is -2.18. The second kappa shape index (κ2) is 6.75. The summed E-state index contributed by atoms with van der Waals surface area (Å²) in [5, 5.41) is 0. The summed E-state index contributed by atoms with van der Waals surface area (Å²) in [6.45, 7) is 6.83. The predicted octanol–water partition coefficient (Wildman–Crippen LogP) is -0.446. The molecule has 1 aromatic heterocycles. The largest absolute Gasteiger partial charge is 1.00 e. The number of nitrogens with zero attached hydrogens (tertiary/aromatic N) is 2. The minimum Gasteiger partial charge on any atom is -1.00 e. The third-order valence-corrected chi connectivity index (χ3v) is 3.09. The third-order valence-electron chi connectivity index (χ3n) is 3.09. The van der Waals surface area contributed by atoms with Gasteiger partial charge in [0, 0.05) is 5.56 Å². The third kappa shape index (κ3) is 4.23. The Labute approximate surface area is 130 Å². The first-order valence-electron chi connectivity index (χ1n) is 6.39. The molecule has 4 heteroatoms. The summed E-state index contributed by atoms with van der Waals surface area (Å²) in [6.07, 6.45) is 6.94. The highest BCUT2D eigenvalue weighted by Crippen LogP contribution is 2.22. The van der Waals surface area contributed by atoms with E-state index < -0.39 is 0 Å². The molecule has 1 heterocycles. The molecule has 0 fully saturated rings. The van der Waals surface area contributed by atoms with Gasteiger partial charge in [0.1, 0.15) is 0 Å². The van der Waals surface area contributed by atoms with Crippen LogP contribution in [0.4, 0.5) is 0 Å². The molecule has 2 aromatic rings. The molecule has 20 heavy (non-hydrogen) atoms. The molecule has 0 atom stereocenters. The van der Waals surface area contributed by atoms with Crippen molar-refractivity contribution in [2.75, 3.05) is 0 Å². The fourth-order valence-corrected chi connectivity index (χ4v) is 1.87. The van der Waals surface area contributed by atoms with E-state index in [1.165, 1.54) is 5.56 Å². The maximum absolute atomic E-state index is 12.1. The van der Waals surface area contributed by atoms with Gasteiger partial charge in [-0.2, -0.15) is 4.57 Å². The van der Waals surface area contributed by atoms with Gasteiger partial charge in [0.15, 0.2) is 12.4 Å². The van der Waals surface area contributed by atoms with E-state index in [0.717, 1.165) is 5.56 Å². The number of rotatable bonds is 3. The monoisotopic (exact) mass is 334 g/mol. The fourth-order valence-electron chi connectivity index (χ4n) is 1.87. The van der Waals surface area contributed by atoms with Crippen molar-refractivity contribution in [1.82, 2.24) is 4.98 Å². The Morgan fingerprint density at radius 2 is 1.65 bits per heavy atom. The van der Waals surface area contributed by atoms with Crippen molar-refractivity contribution in [3.05, 3.63) is 60.2 Å². The zero-order chi connectivity index (χ0) is 13.9. The Morgan fingerprint density at radius 3 is 2.15 bits per heavy atom. The quantitative estimate of drug-likeness (QED) is 0.563. The van der Waals surface area contributed by atoms with Crippen LogP contribution >= 0.6 is 0 Å². The highest BCUT2D eigenvalue weighted by Gasteiger charge is 2.15. The van der Waals surface area contributed by atoms with Crippen LogP contribution < -0.4 is 21.5 Å². The van der Waals surface area contributed by atoms with E-state index in [1.807, 2.05) is 28.8 Å². The Bertz CT molecular complexity index is 559. The van der Waals surface area contributed by atoms with Crippen molar-refractivity contribution in [2.45, 2.75) is 32.7 Å². The number of carbonyl (C=O) groups excluding carboxylic acids is 1. The molecular weight excluding hydrogens is 316 g/mol. The summed E-state index contributed by atoms with van der Waals surface area (Å²) in [4.78, 5) is 16.1. The molecule has 3 nitrogen and oxygen atoms in total. The number of carbonyl (C=O) groups is 1. The maximum Gasteiger partial charge on any atom is 0.227 e. The zero-order valence-corrected chi connectivity index (χ0v) is 13.6. The van der Waals surface area contributed by atoms with Crippen LogP contribution in [0.5, 0.6) is 0 Å². The summed E-state index contributed by atoms with van der Waals surface area (Å²) in [5.74, 6) is 0.108. The second-order valence-corrected chi connectivity index (χ2v) is 5.67. The standard InChI is InChI=1S/C16H19N2O.BrH/c1-16(2,3)14-6-4-13(5-7-14)15(19)12-18-10-8-17-9-11-18;/h4-11H,12H2,1-3H3;1H/q+1;/p-1. The lowest BCUT2D eigenvalue weighted by molar-refractivity contribution is -0.683. The van der Waals surface area contributed by atoms with E-state index >= 15 is 0 Å². The summed E-state index contributed by atoms with van der Waals surface area (Å²) >= 11 is 0. The van der Waals surface area contributed by atoms with Crippen LogP contribution in [0.15, 0.2) is 49.1 Å². The van der Waals surface area contributed by atoms with Crippen LogP contribution in [0.25, 0.3) is 0 Å². The van der Waals surface area contributed by atoms with E-state index in [9.17, 15) is 4.79 Å². The molecule has 0 amide bonds. The first-order valence-corrected chi connectivity index (χ1v) is 6.39. The summed E-state index contributed by atoms with van der Waals surface area (Å²) in [7, 11) is 0. The van der Waals surface area contributed by atoms with Crippen LogP contribution in [-0.2, 0) is 12.0 Å². The fraction of sp³-hybridized carbons (Fsp3) is 0.312. The van der Waals surface area contributed by atoms with Crippen molar-refractivity contribution in [3.63, 3.8) is 0 Å². The summed E-state index contributed by atoms with van der Waals surface area (Å²) in [5.41, 5.74) is 2.10. The maximum atomic E-state index is 12.1. The van der Waals surface area contributed by atoms with Crippen molar-refractivity contribution in [3.8, 4) is 0 Å². The molecule has 106 valence electrons. The van der Waals surface area contributed by atoms with E-state index in [0.29, 0.717) is 6.54 Å². The molecule has 0 unspecified atom stereocenters. The van der Waals surface area contributed by atoms with Crippen LogP contribution in [0.1, 0.15) is 36.7 Å². The van der Waals surface area contributed by atoms with Gasteiger partial charge in [-0.25, -0.2) is 0 Å². The number of aromatic nitrogens is 2.